The monoisotopic (exact) mass is 332 g/mol. The van der Waals surface area contributed by atoms with E-state index < -0.39 is 10.0 Å². The van der Waals surface area contributed by atoms with Gasteiger partial charge in [-0.1, -0.05) is 25.2 Å². The number of nitrogens with zero attached hydrogens (tertiary/aromatic N) is 2. The fraction of sp³-hybridized carbons (Fsp3) is 0.455. The molecule has 0 atom stereocenters. The summed E-state index contributed by atoms with van der Waals surface area (Å²) in [5.41, 5.74) is 0. The summed E-state index contributed by atoms with van der Waals surface area (Å²) in [7, 11) is -3.61. The Kier molecular flexibility index (Phi) is 4.74. The quantitative estimate of drug-likeness (QED) is 0.847. The number of aryl methyl sites for hydroxylation is 1. The second-order valence-electron chi connectivity index (χ2n) is 4.48. The fourth-order valence-corrected chi connectivity index (χ4v) is 4.72. The van der Waals surface area contributed by atoms with E-state index >= 15 is 0 Å². The fourth-order valence-electron chi connectivity index (χ4n) is 1.50. The minimum Gasteiger partial charge on any atom is -0.310 e. The molecule has 0 aliphatic rings. The Morgan fingerprint density at radius 1 is 1.35 bits per heavy atom. The molecule has 0 bridgehead atoms. The van der Waals surface area contributed by atoms with Crippen LogP contribution < -0.4 is 10.0 Å². The van der Waals surface area contributed by atoms with Gasteiger partial charge in [-0.05, 0) is 18.4 Å². The van der Waals surface area contributed by atoms with Crippen LogP contribution in [-0.4, -0.2) is 24.7 Å². The van der Waals surface area contributed by atoms with E-state index in [1.165, 1.54) is 22.7 Å². The molecule has 2 N–H and O–H groups in total. The van der Waals surface area contributed by atoms with Crippen LogP contribution in [0.4, 0.5) is 5.13 Å². The second kappa shape index (κ2) is 6.17. The van der Waals surface area contributed by atoms with E-state index in [1.54, 1.807) is 18.4 Å². The SMILES string of the molecule is Cc1nnc(NS(=O)(=O)c2ccsc2CNC(C)C)s1. The number of hydrogen-bond donors (Lipinski definition) is 2. The predicted octanol–water partition coefficient (Wildman–Crippen LogP) is 2.21. The minimum atomic E-state index is -3.61. The molecule has 2 aromatic heterocycles. The maximum absolute atomic E-state index is 12.3. The summed E-state index contributed by atoms with van der Waals surface area (Å²) in [4.78, 5) is 1.08. The minimum absolute atomic E-state index is 0.288. The molecule has 0 amide bonds. The number of nitrogens with one attached hydrogen (secondary N) is 2. The van der Waals surface area contributed by atoms with E-state index in [1.807, 2.05) is 13.8 Å². The van der Waals surface area contributed by atoms with Crippen molar-refractivity contribution in [1.29, 1.82) is 0 Å². The lowest BCUT2D eigenvalue weighted by molar-refractivity contribution is 0.581. The van der Waals surface area contributed by atoms with Crippen molar-refractivity contribution >= 4 is 37.8 Å². The van der Waals surface area contributed by atoms with Gasteiger partial charge >= 0.3 is 0 Å². The molecule has 0 radical (unpaired) electrons. The summed E-state index contributed by atoms with van der Waals surface area (Å²) in [6.45, 7) is 6.34. The van der Waals surface area contributed by atoms with Crippen molar-refractivity contribution in [2.24, 2.45) is 0 Å². The Balaban J connectivity index is 2.19. The first-order chi connectivity index (χ1) is 9.38. The van der Waals surface area contributed by atoms with Crippen LogP contribution in [0.2, 0.25) is 0 Å². The highest BCUT2D eigenvalue weighted by Gasteiger charge is 2.21. The maximum atomic E-state index is 12.3. The van der Waals surface area contributed by atoms with E-state index in [4.69, 9.17) is 0 Å². The zero-order valence-corrected chi connectivity index (χ0v) is 13.8. The Hall–Kier alpha value is -1.03. The van der Waals surface area contributed by atoms with Gasteiger partial charge in [0.25, 0.3) is 10.0 Å². The molecule has 0 fully saturated rings. The number of anilines is 1. The Morgan fingerprint density at radius 2 is 2.10 bits per heavy atom. The van der Waals surface area contributed by atoms with Gasteiger partial charge in [0.1, 0.15) is 9.90 Å². The number of sulfonamides is 1. The normalized spacial score (nSPS) is 12.0. The Morgan fingerprint density at radius 3 is 2.70 bits per heavy atom. The van der Waals surface area contributed by atoms with E-state index in [2.05, 4.69) is 20.2 Å². The molecule has 0 spiro atoms. The van der Waals surface area contributed by atoms with Crippen LogP contribution in [0.25, 0.3) is 0 Å². The first kappa shape index (κ1) is 15.4. The van der Waals surface area contributed by atoms with E-state index in [0.717, 1.165) is 9.88 Å². The molecule has 2 rings (SSSR count). The molecule has 0 saturated heterocycles. The molecule has 0 saturated carbocycles. The van der Waals surface area contributed by atoms with Crippen molar-refractivity contribution in [1.82, 2.24) is 15.5 Å². The lowest BCUT2D eigenvalue weighted by atomic mass is 10.4. The predicted molar refractivity (Wildman–Crippen MR) is 81.7 cm³/mol. The highest BCUT2D eigenvalue weighted by atomic mass is 32.2. The van der Waals surface area contributed by atoms with Gasteiger partial charge in [-0.3, -0.25) is 4.72 Å². The highest BCUT2D eigenvalue weighted by molar-refractivity contribution is 7.93. The molecular formula is C11H16N4O2S3. The van der Waals surface area contributed by atoms with Crippen molar-refractivity contribution in [2.45, 2.75) is 38.3 Å². The molecule has 0 aliphatic heterocycles. The van der Waals surface area contributed by atoms with Crippen LogP contribution >= 0.6 is 22.7 Å². The van der Waals surface area contributed by atoms with Crippen LogP contribution in [0.5, 0.6) is 0 Å². The highest BCUT2D eigenvalue weighted by Crippen LogP contribution is 2.25. The zero-order chi connectivity index (χ0) is 14.8. The molecule has 20 heavy (non-hydrogen) atoms. The van der Waals surface area contributed by atoms with Gasteiger partial charge in [0.15, 0.2) is 0 Å². The summed E-state index contributed by atoms with van der Waals surface area (Å²) >= 11 is 2.63. The number of aromatic nitrogens is 2. The summed E-state index contributed by atoms with van der Waals surface area (Å²) < 4.78 is 27.2. The zero-order valence-electron chi connectivity index (χ0n) is 11.4. The third-order valence-electron chi connectivity index (χ3n) is 2.41. The first-order valence-corrected chi connectivity index (χ1v) is 9.19. The van der Waals surface area contributed by atoms with Gasteiger partial charge in [-0.25, -0.2) is 8.42 Å². The van der Waals surface area contributed by atoms with Crippen LogP contribution in [0, 0.1) is 6.92 Å². The second-order valence-corrected chi connectivity index (χ2v) is 8.31. The maximum Gasteiger partial charge on any atom is 0.264 e. The van der Waals surface area contributed by atoms with Crippen molar-refractivity contribution in [3.8, 4) is 0 Å². The average molecular weight is 332 g/mol. The van der Waals surface area contributed by atoms with E-state index in [0.29, 0.717) is 17.5 Å². The number of rotatable bonds is 6. The molecule has 0 aromatic carbocycles. The van der Waals surface area contributed by atoms with Gasteiger partial charge in [0.2, 0.25) is 5.13 Å². The Labute approximate surface area is 126 Å². The largest absolute Gasteiger partial charge is 0.310 e. The third kappa shape index (κ3) is 3.75. The van der Waals surface area contributed by atoms with Crippen LogP contribution in [0.15, 0.2) is 16.3 Å². The molecule has 110 valence electrons. The molecule has 9 heteroatoms. The summed E-state index contributed by atoms with van der Waals surface area (Å²) in [5.74, 6) is 0. The van der Waals surface area contributed by atoms with Crippen molar-refractivity contribution < 1.29 is 8.42 Å². The smallest absolute Gasteiger partial charge is 0.264 e. The van der Waals surface area contributed by atoms with Gasteiger partial charge in [0, 0.05) is 17.5 Å². The Bertz CT molecular complexity index is 675. The van der Waals surface area contributed by atoms with Gasteiger partial charge in [-0.15, -0.1) is 21.5 Å². The molecule has 0 unspecified atom stereocenters. The van der Waals surface area contributed by atoms with E-state index in [9.17, 15) is 8.42 Å². The summed E-state index contributed by atoms with van der Waals surface area (Å²) in [5, 5.41) is 13.6. The van der Waals surface area contributed by atoms with Crippen molar-refractivity contribution in [2.75, 3.05) is 4.72 Å². The standard InChI is InChI=1S/C11H16N4O2S3/c1-7(2)12-6-9-10(4-5-18-9)20(16,17)15-11-14-13-8(3)19-11/h4-5,7,12H,6H2,1-3H3,(H,14,15). The lowest BCUT2D eigenvalue weighted by Crippen LogP contribution is -2.23. The van der Waals surface area contributed by atoms with Crippen molar-refractivity contribution in [3.05, 3.63) is 21.3 Å². The van der Waals surface area contributed by atoms with E-state index in [-0.39, 0.29) is 5.13 Å². The third-order valence-corrected chi connectivity index (χ3v) is 5.77. The van der Waals surface area contributed by atoms with Gasteiger partial charge < -0.3 is 5.32 Å². The molecule has 2 heterocycles. The summed E-state index contributed by atoms with van der Waals surface area (Å²) in [6.07, 6.45) is 0. The molecule has 6 nitrogen and oxygen atoms in total. The average Bonchev–Trinajstić information content (AvgIpc) is 2.95. The molecule has 2 aromatic rings. The number of hydrogen-bond acceptors (Lipinski definition) is 7. The molecular weight excluding hydrogens is 316 g/mol. The van der Waals surface area contributed by atoms with Crippen LogP contribution in [0.1, 0.15) is 23.7 Å². The van der Waals surface area contributed by atoms with Crippen LogP contribution in [0.3, 0.4) is 0 Å². The summed E-state index contributed by atoms with van der Waals surface area (Å²) in [6, 6.07) is 1.91. The van der Waals surface area contributed by atoms with Gasteiger partial charge in [0.05, 0.1) is 0 Å². The van der Waals surface area contributed by atoms with Crippen LogP contribution in [-0.2, 0) is 16.6 Å². The van der Waals surface area contributed by atoms with Gasteiger partial charge in [-0.2, -0.15) is 0 Å². The number of thiophene rings is 1. The van der Waals surface area contributed by atoms with Crippen molar-refractivity contribution in [3.63, 3.8) is 0 Å². The molecule has 0 aliphatic carbocycles. The first-order valence-electron chi connectivity index (χ1n) is 6.01. The lowest BCUT2D eigenvalue weighted by Gasteiger charge is -2.09. The topological polar surface area (TPSA) is 84.0 Å².